The Morgan fingerprint density at radius 3 is 2.20 bits per heavy atom. The fourth-order valence-corrected chi connectivity index (χ4v) is 5.90. The van der Waals surface area contributed by atoms with Crippen LogP contribution in [0.2, 0.25) is 5.02 Å². The standard InChI is InChI=1S/C31H38ClN3O4S/c1-6-29(31(37)33-19-22(2)3)34(20-25-11-7-8-13-28(25)32)30(36)21-35(26-12-9-10-24(5)18-26)40(38,39)27-16-14-23(4)15-17-27/h7-18,22,29H,6,19-21H2,1-5H3,(H,33,37). The maximum Gasteiger partial charge on any atom is 0.264 e. The van der Waals surface area contributed by atoms with Gasteiger partial charge in [-0.3, -0.25) is 13.9 Å². The molecule has 0 spiro atoms. The molecule has 1 unspecified atom stereocenters. The lowest BCUT2D eigenvalue weighted by molar-refractivity contribution is -0.140. The van der Waals surface area contributed by atoms with Crippen molar-refractivity contribution in [1.29, 1.82) is 0 Å². The van der Waals surface area contributed by atoms with Gasteiger partial charge in [-0.2, -0.15) is 0 Å². The van der Waals surface area contributed by atoms with E-state index in [1.54, 1.807) is 48.5 Å². The van der Waals surface area contributed by atoms with Crippen LogP contribution < -0.4 is 9.62 Å². The summed E-state index contributed by atoms with van der Waals surface area (Å²) in [6, 6.07) is 19.8. The molecule has 3 aromatic carbocycles. The van der Waals surface area contributed by atoms with Crippen molar-refractivity contribution in [3.05, 3.63) is 94.5 Å². The Kier molecular flexibility index (Phi) is 10.8. The largest absolute Gasteiger partial charge is 0.354 e. The van der Waals surface area contributed by atoms with Gasteiger partial charge in [-0.25, -0.2) is 8.42 Å². The van der Waals surface area contributed by atoms with Gasteiger partial charge in [0.1, 0.15) is 12.6 Å². The number of benzene rings is 3. The quantitative estimate of drug-likeness (QED) is 0.295. The molecule has 1 N–H and O–H groups in total. The second-order valence-electron chi connectivity index (χ2n) is 10.3. The Morgan fingerprint density at radius 1 is 0.925 bits per heavy atom. The minimum Gasteiger partial charge on any atom is -0.354 e. The summed E-state index contributed by atoms with van der Waals surface area (Å²) in [5.74, 6) is -0.575. The van der Waals surface area contributed by atoms with E-state index in [1.807, 2.05) is 46.8 Å². The highest BCUT2D eigenvalue weighted by Gasteiger charge is 2.34. The number of anilines is 1. The fraction of sp³-hybridized carbons (Fsp3) is 0.355. The van der Waals surface area contributed by atoms with E-state index in [4.69, 9.17) is 11.6 Å². The highest BCUT2D eigenvalue weighted by Crippen LogP contribution is 2.26. The predicted molar refractivity (Wildman–Crippen MR) is 161 cm³/mol. The van der Waals surface area contributed by atoms with Gasteiger partial charge in [0.2, 0.25) is 11.8 Å². The number of rotatable bonds is 12. The first-order valence-electron chi connectivity index (χ1n) is 13.4. The van der Waals surface area contributed by atoms with Crippen LogP contribution >= 0.6 is 11.6 Å². The first-order valence-corrected chi connectivity index (χ1v) is 15.2. The number of sulfonamides is 1. The number of aryl methyl sites for hydroxylation is 2. The van der Waals surface area contributed by atoms with E-state index in [-0.39, 0.29) is 23.3 Å². The maximum atomic E-state index is 14.1. The van der Waals surface area contributed by atoms with E-state index >= 15 is 0 Å². The molecule has 9 heteroatoms. The normalized spacial score (nSPS) is 12.2. The van der Waals surface area contributed by atoms with E-state index in [0.717, 1.165) is 15.4 Å². The summed E-state index contributed by atoms with van der Waals surface area (Å²) in [6.45, 7) is 9.57. The molecule has 2 amide bonds. The molecule has 0 saturated carbocycles. The van der Waals surface area contributed by atoms with Crippen molar-refractivity contribution in [2.45, 2.75) is 58.5 Å². The van der Waals surface area contributed by atoms with E-state index < -0.39 is 28.5 Å². The second-order valence-corrected chi connectivity index (χ2v) is 12.6. The van der Waals surface area contributed by atoms with Crippen molar-refractivity contribution >= 4 is 39.1 Å². The lowest BCUT2D eigenvalue weighted by Gasteiger charge is -2.33. The second kappa shape index (κ2) is 13.8. The molecule has 7 nitrogen and oxygen atoms in total. The molecule has 0 aliphatic heterocycles. The number of carbonyl (C=O) groups excluding carboxylic acids is 2. The summed E-state index contributed by atoms with van der Waals surface area (Å²) >= 11 is 6.44. The number of amides is 2. The molecule has 0 fully saturated rings. The number of carbonyl (C=O) groups is 2. The van der Waals surface area contributed by atoms with Crippen molar-refractivity contribution in [3.8, 4) is 0 Å². The summed E-state index contributed by atoms with van der Waals surface area (Å²) < 4.78 is 29.0. The molecule has 0 aliphatic carbocycles. The monoisotopic (exact) mass is 583 g/mol. The SMILES string of the molecule is CCC(C(=O)NCC(C)C)N(Cc1ccccc1Cl)C(=O)CN(c1cccc(C)c1)S(=O)(=O)c1ccc(C)cc1. The molecule has 0 radical (unpaired) electrons. The van der Waals surface area contributed by atoms with Crippen molar-refractivity contribution in [2.75, 3.05) is 17.4 Å². The third kappa shape index (κ3) is 7.86. The van der Waals surface area contributed by atoms with Crippen LogP contribution in [-0.2, 0) is 26.2 Å². The maximum absolute atomic E-state index is 14.1. The molecule has 0 aliphatic rings. The summed E-state index contributed by atoms with van der Waals surface area (Å²) in [5.41, 5.74) is 2.79. The van der Waals surface area contributed by atoms with Gasteiger partial charge >= 0.3 is 0 Å². The third-order valence-electron chi connectivity index (χ3n) is 6.55. The lowest BCUT2D eigenvalue weighted by atomic mass is 10.1. The molecule has 40 heavy (non-hydrogen) atoms. The Bertz CT molecular complexity index is 1420. The van der Waals surface area contributed by atoms with E-state index in [9.17, 15) is 18.0 Å². The summed E-state index contributed by atoms with van der Waals surface area (Å²) in [4.78, 5) is 28.9. The first kappa shape index (κ1) is 31.2. The van der Waals surface area contributed by atoms with Gasteiger partial charge in [0, 0.05) is 18.1 Å². The smallest absolute Gasteiger partial charge is 0.264 e. The molecule has 0 saturated heterocycles. The minimum absolute atomic E-state index is 0.0539. The molecule has 0 heterocycles. The summed E-state index contributed by atoms with van der Waals surface area (Å²) in [7, 11) is -4.11. The van der Waals surface area contributed by atoms with Crippen LogP contribution in [0.3, 0.4) is 0 Å². The zero-order valence-electron chi connectivity index (χ0n) is 23.7. The van der Waals surface area contributed by atoms with Crippen LogP contribution in [0.5, 0.6) is 0 Å². The number of nitrogens with zero attached hydrogens (tertiary/aromatic N) is 2. The van der Waals surface area contributed by atoms with Gasteiger partial charge in [-0.05, 0) is 67.6 Å². The Morgan fingerprint density at radius 2 is 1.60 bits per heavy atom. The molecule has 1 atom stereocenters. The lowest BCUT2D eigenvalue weighted by Crippen LogP contribution is -2.52. The minimum atomic E-state index is -4.11. The predicted octanol–water partition coefficient (Wildman–Crippen LogP) is 5.73. The number of nitrogens with one attached hydrogen (secondary N) is 1. The Balaban J connectivity index is 2.06. The third-order valence-corrected chi connectivity index (χ3v) is 8.70. The van der Waals surface area contributed by atoms with E-state index in [1.165, 1.54) is 17.0 Å². The van der Waals surface area contributed by atoms with Crippen LogP contribution in [0.15, 0.2) is 77.7 Å². The van der Waals surface area contributed by atoms with Crippen LogP contribution in [0.4, 0.5) is 5.69 Å². The zero-order chi connectivity index (χ0) is 29.4. The van der Waals surface area contributed by atoms with Crippen molar-refractivity contribution in [1.82, 2.24) is 10.2 Å². The molecular weight excluding hydrogens is 546 g/mol. The average molecular weight is 584 g/mol. The highest BCUT2D eigenvalue weighted by atomic mass is 35.5. The van der Waals surface area contributed by atoms with Crippen molar-refractivity contribution < 1.29 is 18.0 Å². The molecule has 3 rings (SSSR count). The van der Waals surface area contributed by atoms with Crippen LogP contribution in [-0.4, -0.2) is 44.3 Å². The van der Waals surface area contributed by atoms with Gasteiger partial charge < -0.3 is 10.2 Å². The molecule has 0 bridgehead atoms. The van der Waals surface area contributed by atoms with Crippen molar-refractivity contribution in [3.63, 3.8) is 0 Å². The number of halogens is 1. The number of hydrogen-bond acceptors (Lipinski definition) is 4. The number of hydrogen-bond donors (Lipinski definition) is 1. The van der Waals surface area contributed by atoms with E-state index in [0.29, 0.717) is 29.2 Å². The van der Waals surface area contributed by atoms with Crippen LogP contribution in [0, 0.1) is 19.8 Å². The zero-order valence-corrected chi connectivity index (χ0v) is 25.3. The molecule has 214 valence electrons. The van der Waals surface area contributed by atoms with E-state index in [2.05, 4.69) is 5.32 Å². The molecule has 3 aromatic rings. The van der Waals surface area contributed by atoms with Crippen molar-refractivity contribution in [2.24, 2.45) is 5.92 Å². The van der Waals surface area contributed by atoms with Gasteiger partial charge in [0.15, 0.2) is 0 Å². The topological polar surface area (TPSA) is 86.8 Å². The van der Waals surface area contributed by atoms with Gasteiger partial charge in [0.25, 0.3) is 10.0 Å². The Labute approximate surface area is 243 Å². The fourth-order valence-electron chi connectivity index (χ4n) is 4.30. The molecular formula is C31H38ClN3O4S. The average Bonchev–Trinajstić information content (AvgIpc) is 2.91. The van der Waals surface area contributed by atoms with Gasteiger partial charge in [-0.1, -0.05) is 80.4 Å². The first-order chi connectivity index (χ1) is 18.9. The van der Waals surface area contributed by atoms with Crippen LogP contribution in [0.25, 0.3) is 0 Å². The van der Waals surface area contributed by atoms with Gasteiger partial charge in [-0.15, -0.1) is 0 Å². The van der Waals surface area contributed by atoms with Crippen LogP contribution in [0.1, 0.15) is 43.9 Å². The Hall–Kier alpha value is -3.36. The summed E-state index contributed by atoms with van der Waals surface area (Å²) in [5, 5.41) is 3.38. The highest BCUT2D eigenvalue weighted by molar-refractivity contribution is 7.92. The molecule has 0 aromatic heterocycles. The summed E-state index contributed by atoms with van der Waals surface area (Å²) in [6.07, 6.45) is 0.343. The van der Waals surface area contributed by atoms with Gasteiger partial charge in [0.05, 0.1) is 10.6 Å².